The molecule has 1 aliphatic carbocycles. The largest absolute Gasteiger partial charge is 0.416 e. The van der Waals surface area contributed by atoms with Crippen LogP contribution in [0, 0.1) is 0 Å². The zero-order chi connectivity index (χ0) is 13.8. The molecule has 0 spiro atoms. The predicted octanol–water partition coefficient (Wildman–Crippen LogP) is 5.01. The molecule has 0 fully saturated rings. The first kappa shape index (κ1) is 12.3. The first-order valence-corrected chi connectivity index (χ1v) is 6.13. The van der Waals surface area contributed by atoms with Gasteiger partial charge in [-0.25, -0.2) is 0 Å². The van der Waals surface area contributed by atoms with Crippen LogP contribution in [0.15, 0.2) is 42.5 Å². The van der Waals surface area contributed by atoms with Crippen molar-refractivity contribution < 1.29 is 13.2 Å². The van der Waals surface area contributed by atoms with Gasteiger partial charge in [-0.05, 0) is 34.4 Å². The minimum absolute atomic E-state index is 0.382. The molecule has 2 aromatic rings. The van der Waals surface area contributed by atoms with E-state index in [9.17, 15) is 13.2 Å². The van der Waals surface area contributed by atoms with Gasteiger partial charge in [0.2, 0.25) is 0 Å². The van der Waals surface area contributed by atoms with Crippen molar-refractivity contribution in [1.82, 2.24) is 0 Å². The van der Waals surface area contributed by atoms with Gasteiger partial charge in [0.25, 0.3) is 0 Å². The maximum Gasteiger partial charge on any atom is 0.416 e. The lowest BCUT2D eigenvalue weighted by molar-refractivity contribution is -0.137. The Morgan fingerprint density at radius 3 is 2.16 bits per heavy atom. The highest BCUT2D eigenvalue weighted by Gasteiger charge is 2.38. The van der Waals surface area contributed by atoms with Gasteiger partial charge in [-0.15, -0.1) is 0 Å². The second kappa shape index (κ2) is 3.62. The Balaban J connectivity index is 2.27. The lowest BCUT2D eigenvalue weighted by atomic mass is 9.82. The number of alkyl halides is 3. The molecule has 0 atom stereocenters. The quantitative estimate of drug-likeness (QED) is 0.626. The molecule has 0 amide bonds. The molecule has 2 aromatic carbocycles. The maximum absolute atomic E-state index is 12.8. The van der Waals surface area contributed by atoms with Gasteiger partial charge in [0.05, 0.1) is 5.56 Å². The van der Waals surface area contributed by atoms with Crippen molar-refractivity contribution in [2.45, 2.75) is 25.4 Å². The van der Waals surface area contributed by atoms with E-state index < -0.39 is 11.7 Å². The monoisotopic (exact) mass is 262 g/mol. The third-order valence-corrected chi connectivity index (χ3v) is 3.91. The fourth-order valence-electron chi connectivity index (χ4n) is 2.88. The first-order valence-electron chi connectivity index (χ1n) is 6.13. The van der Waals surface area contributed by atoms with E-state index >= 15 is 0 Å². The second-order valence-corrected chi connectivity index (χ2v) is 5.43. The van der Waals surface area contributed by atoms with Crippen molar-refractivity contribution in [2.24, 2.45) is 0 Å². The molecule has 98 valence electrons. The van der Waals surface area contributed by atoms with Crippen molar-refractivity contribution in [3.63, 3.8) is 0 Å². The number of rotatable bonds is 0. The first-order chi connectivity index (χ1) is 8.82. The summed E-state index contributed by atoms with van der Waals surface area (Å²) in [4.78, 5) is 0. The molecule has 0 bridgehead atoms. The van der Waals surface area contributed by atoms with Gasteiger partial charge in [0.15, 0.2) is 0 Å². The van der Waals surface area contributed by atoms with Gasteiger partial charge in [-0.2, -0.15) is 13.2 Å². The van der Waals surface area contributed by atoms with Crippen LogP contribution in [-0.2, 0) is 11.6 Å². The molecule has 0 aromatic heterocycles. The standard InChI is InChI=1S/C16H13F3/c1-15(2)13-6-4-3-5-11(13)12-8-7-10(9-14(12)15)16(17,18)19/h3-9H,1-2H3. The fourth-order valence-corrected chi connectivity index (χ4v) is 2.88. The highest BCUT2D eigenvalue weighted by molar-refractivity contribution is 5.80. The average Bonchev–Trinajstić information content (AvgIpc) is 2.58. The number of hydrogen-bond donors (Lipinski definition) is 0. The second-order valence-electron chi connectivity index (χ2n) is 5.43. The third-order valence-electron chi connectivity index (χ3n) is 3.91. The van der Waals surface area contributed by atoms with Gasteiger partial charge < -0.3 is 0 Å². The van der Waals surface area contributed by atoms with Gasteiger partial charge in [-0.1, -0.05) is 44.2 Å². The number of halogens is 3. The molecule has 0 saturated carbocycles. The molecule has 0 saturated heterocycles. The Labute approximate surface area is 109 Å². The van der Waals surface area contributed by atoms with Crippen molar-refractivity contribution in [2.75, 3.05) is 0 Å². The van der Waals surface area contributed by atoms with Gasteiger partial charge in [0.1, 0.15) is 0 Å². The van der Waals surface area contributed by atoms with Gasteiger partial charge >= 0.3 is 6.18 Å². The Morgan fingerprint density at radius 1 is 0.842 bits per heavy atom. The predicted molar refractivity (Wildman–Crippen MR) is 69.0 cm³/mol. The molecular formula is C16H13F3. The average molecular weight is 262 g/mol. The molecule has 19 heavy (non-hydrogen) atoms. The summed E-state index contributed by atoms with van der Waals surface area (Å²) in [5.41, 5.74) is 2.83. The van der Waals surface area contributed by atoms with Crippen LogP contribution in [0.25, 0.3) is 11.1 Å². The van der Waals surface area contributed by atoms with Gasteiger partial charge in [0, 0.05) is 5.41 Å². The Kier molecular flexibility index (Phi) is 2.34. The molecule has 0 N–H and O–H groups in total. The van der Waals surface area contributed by atoms with Crippen molar-refractivity contribution >= 4 is 0 Å². The van der Waals surface area contributed by atoms with Crippen molar-refractivity contribution in [3.8, 4) is 11.1 Å². The summed E-state index contributed by atoms with van der Waals surface area (Å²) >= 11 is 0. The lowest BCUT2D eigenvalue weighted by Crippen LogP contribution is -2.16. The maximum atomic E-state index is 12.8. The minimum Gasteiger partial charge on any atom is -0.166 e. The smallest absolute Gasteiger partial charge is 0.166 e. The molecule has 3 rings (SSSR count). The number of benzene rings is 2. The zero-order valence-electron chi connectivity index (χ0n) is 10.7. The van der Waals surface area contributed by atoms with Crippen LogP contribution in [0.5, 0.6) is 0 Å². The molecule has 3 heteroatoms. The van der Waals surface area contributed by atoms with E-state index in [1.54, 1.807) is 6.07 Å². The summed E-state index contributed by atoms with van der Waals surface area (Å²) < 4.78 is 38.5. The van der Waals surface area contributed by atoms with E-state index in [1.165, 1.54) is 6.07 Å². The normalized spacial score (nSPS) is 16.1. The molecule has 0 heterocycles. The zero-order valence-corrected chi connectivity index (χ0v) is 10.7. The Morgan fingerprint density at radius 2 is 1.47 bits per heavy atom. The molecule has 0 aliphatic heterocycles. The van der Waals surface area contributed by atoms with Crippen LogP contribution in [0.1, 0.15) is 30.5 Å². The molecule has 1 aliphatic rings. The summed E-state index contributed by atoms with van der Waals surface area (Å²) in [5.74, 6) is 0. The Bertz CT molecular complexity index is 651. The molecule has 0 nitrogen and oxygen atoms in total. The topological polar surface area (TPSA) is 0 Å². The van der Waals surface area contributed by atoms with E-state index in [2.05, 4.69) is 0 Å². The minimum atomic E-state index is -4.29. The molecule has 0 unspecified atom stereocenters. The van der Waals surface area contributed by atoms with Crippen molar-refractivity contribution in [3.05, 3.63) is 59.2 Å². The lowest BCUT2D eigenvalue weighted by Gasteiger charge is -2.22. The number of hydrogen-bond acceptors (Lipinski definition) is 0. The van der Waals surface area contributed by atoms with E-state index in [4.69, 9.17) is 0 Å². The summed E-state index contributed by atoms with van der Waals surface area (Å²) in [5, 5.41) is 0. The molecule has 0 radical (unpaired) electrons. The van der Waals surface area contributed by atoms with Crippen LogP contribution < -0.4 is 0 Å². The van der Waals surface area contributed by atoms with Crippen LogP contribution in [0.3, 0.4) is 0 Å². The highest BCUT2D eigenvalue weighted by Crippen LogP contribution is 2.49. The highest BCUT2D eigenvalue weighted by atomic mass is 19.4. The summed E-state index contributed by atoms with van der Waals surface area (Å²) in [7, 11) is 0. The summed E-state index contributed by atoms with van der Waals surface area (Å²) in [6.07, 6.45) is -4.29. The van der Waals surface area contributed by atoms with E-state index in [1.807, 2.05) is 38.1 Å². The summed E-state index contributed by atoms with van der Waals surface area (Å²) in [6.45, 7) is 3.94. The van der Waals surface area contributed by atoms with Crippen LogP contribution in [-0.4, -0.2) is 0 Å². The van der Waals surface area contributed by atoms with Crippen LogP contribution in [0.4, 0.5) is 13.2 Å². The number of fused-ring (bicyclic) bond motifs is 3. The SMILES string of the molecule is CC1(C)c2ccccc2-c2ccc(C(F)(F)F)cc21. The van der Waals surface area contributed by atoms with E-state index in [0.717, 1.165) is 28.3 Å². The van der Waals surface area contributed by atoms with Gasteiger partial charge in [-0.3, -0.25) is 0 Å². The van der Waals surface area contributed by atoms with E-state index in [0.29, 0.717) is 0 Å². The van der Waals surface area contributed by atoms with Crippen LogP contribution in [0.2, 0.25) is 0 Å². The third kappa shape index (κ3) is 1.68. The Hall–Kier alpha value is -1.77. The van der Waals surface area contributed by atoms with Crippen molar-refractivity contribution in [1.29, 1.82) is 0 Å². The van der Waals surface area contributed by atoms with Crippen LogP contribution >= 0.6 is 0 Å². The molecular weight excluding hydrogens is 249 g/mol. The van der Waals surface area contributed by atoms with E-state index in [-0.39, 0.29) is 5.41 Å². The fraction of sp³-hybridized carbons (Fsp3) is 0.250. The summed E-state index contributed by atoms with van der Waals surface area (Å²) in [6, 6.07) is 11.8.